The number of carbonyl (C=O) groups is 2. The largest absolute Gasteiger partial charge is 0.376 e. The summed E-state index contributed by atoms with van der Waals surface area (Å²) in [7, 11) is 1.90. The number of nitrogens with one attached hydrogen (secondary N) is 2. The van der Waals surface area contributed by atoms with E-state index in [-0.39, 0.29) is 24.4 Å². The summed E-state index contributed by atoms with van der Waals surface area (Å²) in [5, 5.41) is 6.01. The minimum absolute atomic E-state index is 0.0790. The van der Waals surface area contributed by atoms with Gasteiger partial charge in [0.05, 0.1) is 6.54 Å². The van der Waals surface area contributed by atoms with Gasteiger partial charge in [-0.25, -0.2) is 0 Å². The SMILES string of the molecule is CC(C)NC(=O)c1ccc(NCC(=O)N(C)C2CCCCC2)cc1. The quantitative estimate of drug-likeness (QED) is 0.842. The molecule has 5 heteroatoms. The fraction of sp³-hybridized carbons (Fsp3) is 0.579. The first-order valence-corrected chi connectivity index (χ1v) is 8.88. The van der Waals surface area contributed by atoms with Gasteiger partial charge in [-0.1, -0.05) is 19.3 Å². The number of anilines is 1. The molecular formula is C19H29N3O2. The van der Waals surface area contributed by atoms with Crippen LogP contribution in [-0.2, 0) is 4.79 Å². The fourth-order valence-corrected chi connectivity index (χ4v) is 3.06. The van der Waals surface area contributed by atoms with Gasteiger partial charge in [0, 0.05) is 30.4 Å². The Morgan fingerprint density at radius 1 is 1.12 bits per heavy atom. The minimum atomic E-state index is -0.0790. The van der Waals surface area contributed by atoms with Crippen molar-refractivity contribution in [3.05, 3.63) is 29.8 Å². The highest BCUT2D eigenvalue weighted by Crippen LogP contribution is 2.21. The molecule has 0 aliphatic heterocycles. The van der Waals surface area contributed by atoms with Crippen LogP contribution in [0.15, 0.2) is 24.3 Å². The van der Waals surface area contributed by atoms with Crippen molar-refractivity contribution in [3.63, 3.8) is 0 Å². The zero-order chi connectivity index (χ0) is 17.5. The standard InChI is InChI=1S/C19H29N3O2/c1-14(2)21-19(24)15-9-11-16(12-10-15)20-13-18(23)22(3)17-7-5-4-6-8-17/h9-12,14,17,20H,4-8,13H2,1-3H3,(H,21,24). The fourth-order valence-electron chi connectivity index (χ4n) is 3.06. The van der Waals surface area contributed by atoms with Crippen LogP contribution in [0.5, 0.6) is 0 Å². The number of likely N-dealkylation sites (N-methyl/N-ethyl adjacent to an activating group) is 1. The smallest absolute Gasteiger partial charge is 0.251 e. The predicted molar refractivity (Wildman–Crippen MR) is 97.2 cm³/mol. The Hall–Kier alpha value is -2.04. The molecule has 0 atom stereocenters. The second-order valence-electron chi connectivity index (χ2n) is 6.86. The molecule has 0 saturated heterocycles. The van der Waals surface area contributed by atoms with E-state index in [2.05, 4.69) is 10.6 Å². The molecule has 1 aliphatic rings. The van der Waals surface area contributed by atoms with Gasteiger partial charge in [-0.05, 0) is 51.0 Å². The van der Waals surface area contributed by atoms with Crippen LogP contribution in [0.4, 0.5) is 5.69 Å². The zero-order valence-electron chi connectivity index (χ0n) is 15.0. The van der Waals surface area contributed by atoms with Gasteiger partial charge < -0.3 is 15.5 Å². The maximum atomic E-state index is 12.3. The molecule has 132 valence electrons. The average molecular weight is 331 g/mol. The summed E-state index contributed by atoms with van der Waals surface area (Å²) in [4.78, 5) is 26.1. The molecule has 1 aliphatic carbocycles. The Morgan fingerprint density at radius 2 is 1.75 bits per heavy atom. The third kappa shape index (κ3) is 5.25. The Labute approximate surface area is 144 Å². The summed E-state index contributed by atoms with van der Waals surface area (Å²) < 4.78 is 0. The van der Waals surface area contributed by atoms with E-state index in [0.29, 0.717) is 11.6 Å². The Bertz CT molecular complexity index is 548. The Balaban J connectivity index is 1.83. The van der Waals surface area contributed by atoms with E-state index in [4.69, 9.17) is 0 Å². The van der Waals surface area contributed by atoms with Crippen molar-refractivity contribution in [2.24, 2.45) is 0 Å². The van der Waals surface area contributed by atoms with Gasteiger partial charge in [-0.15, -0.1) is 0 Å². The molecule has 1 aromatic carbocycles. The van der Waals surface area contributed by atoms with Gasteiger partial charge in [-0.2, -0.15) is 0 Å². The van der Waals surface area contributed by atoms with Crippen molar-refractivity contribution in [1.82, 2.24) is 10.2 Å². The van der Waals surface area contributed by atoms with E-state index in [1.807, 2.05) is 37.9 Å². The van der Waals surface area contributed by atoms with Crippen LogP contribution in [0.1, 0.15) is 56.3 Å². The van der Waals surface area contributed by atoms with Gasteiger partial charge >= 0.3 is 0 Å². The van der Waals surface area contributed by atoms with Crippen LogP contribution >= 0.6 is 0 Å². The summed E-state index contributed by atoms with van der Waals surface area (Å²) in [6.45, 7) is 4.15. The first-order valence-electron chi connectivity index (χ1n) is 8.88. The van der Waals surface area contributed by atoms with Gasteiger partial charge in [-0.3, -0.25) is 9.59 Å². The number of hydrogen-bond acceptors (Lipinski definition) is 3. The summed E-state index contributed by atoms with van der Waals surface area (Å²) >= 11 is 0. The van der Waals surface area contributed by atoms with E-state index >= 15 is 0 Å². The highest BCUT2D eigenvalue weighted by molar-refractivity contribution is 5.94. The number of rotatable bonds is 6. The van der Waals surface area contributed by atoms with Crippen molar-refractivity contribution >= 4 is 17.5 Å². The minimum Gasteiger partial charge on any atom is -0.376 e. The van der Waals surface area contributed by atoms with Gasteiger partial charge in [0.2, 0.25) is 5.91 Å². The maximum absolute atomic E-state index is 12.3. The summed E-state index contributed by atoms with van der Waals surface area (Å²) in [5.41, 5.74) is 1.47. The molecule has 2 rings (SSSR count). The van der Waals surface area contributed by atoms with Crippen LogP contribution in [-0.4, -0.2) is 42.4 Å². The molecule has 0 spiro atoms. The van der Waals surface area contributed by atoms with Crippen molar-refractivity contribution in [2.45, 2.75) is 58.0 Å². The highest BCUT2D eigenvalue weighted by Gasteiger charge is 2.21. The second kappa shape index (κ2) is 8.71. The van der Waals surface area contributed by atoms with E-state index in [1.165, 1.54) is 19.3 Å². The molecule has 2 amide bonds. The summed E-state index contributed by atoms with van der Waals surface area (Å²) in [5.74, 6) is 0.0354. The van der Waals surface area contributed by atoms with Crippen LogP contribution in [0.3, 0.4) is 0 Å². The number of amides is 2. The first kappa shape index (κ1) is 18.3. The number of carbonyl (C=O) groups excluding carboxylic acids is 2. The van der Waals surface area contributed by atoms with E-state index < -0.39 is 0 Å². The van der Waals surface area contributed by atoms with Crippen LogP contribution in [0.25, 0.3) is 0 Å². The van der Waals surface area contributed by atoms with E-state index in [0.717, 1.165) is 18.5 Å². The molecule has 1 saturated carbocycles. The number of benzene rings is 1. The summed E-state index contributed by atoms with van der Waals surface area (Å²) in [6, 6.07) is 7.72. The Morgan fingerprint density at radius 3 is 2.33 bits per heavy atom. The number of nitrogens with zero attached hydrogens (tertiary/aromatic N) is 1. The first-order chi connectivity index (χ1) is 11.5. The molecule has 2 N–H and O–H groups in total. The monoisotopic (exact) mass is 331 g/mol. The average Bonchev–Trinajstić information content (AvgIpc) is 2.59. The van der Waals surface area contributed by atoms with Crippen LogP contribution in [0.2, 0.25) is 0 Å². The van der Waals surface area contributed by atoms with E-state index in [1.54, 1.807) is 12.1 Å². The molecule has 24 heavy (non-hydrogen) atoms. The molecule has 0 unspecified atom stereocenters. The lowest BCUT2D eigenvalue weighted by Crippen LogP contribution is -2.41. The zero-order valence-corrected chi connectivity index (χ0v) is 15.0. The molecule has 0 heterocycles. The summed E-state index contributed by atoms with van der Waals surface area (Å²) in [6.07, 6.45) is 5.95. The molecular weight excluding hydrogens is 302 g/mol. The molecule has 1 aromatic rings. The van der Waals surface area contributed by atoms with Crippen molar-refractivity contribution in [2.75, 3.05) is 18.9 Å². The third-order valence-corrected chi connectivity index (χ3v) is 4.53. The highest BCUT2D eigenvalue weighted by atomic mass is 16.2. The number of hydrogen-bond donors (Lipinski definition) is 2. The van der Waals surface area contributed by atoms with Gasteiger partial charge in [0.1, 0.15) is 0 Å². The lowest BCUT2D eigenvalue weighted by Gasteiger charge is -2.31. The normalized spacial score (nSPS) is 15.2. The second-order valence-corrected chi connectivity index (χ2v) is 6.86. The molecule has 5 nitrogen and oxygen atoms in total. The third-order valence-electron chi connectivity index (χ3n) is 4.53. The van der Waals surface area contributed by atoms with Crippen LogP contribution in [0, 0.1) is 0 Å². The Kier molecular flexibility index (Phi) is 6.64. The van der Waals surface area contributed by atoms with Gasteiger partial charge in [0.15, 0.2) is 0 Å². The van der Waals surface area contributed by atoms with Crippen molar-refractivity contribution in [3.8, 4) is 0 Å². The lowest BCUT2D eigenvalue weighted by molar-refractivity contribution is -0.130. The van der Waals surface area contributed by atoms with Crippen molar-refractivity contribution in [1.29, 1.82) is 0 Å². The molecule has 0 radical (unpaired) electrons. The predicted octanol–water partition coefficient (Wildman–Crippen LogP) is 3.03. The van der Waals surface area contributed by atoms with Gasteiger partial charge in [0.25, 0.3) is 5.91 Å². The van der Waals surface area contributed by atoms with E-state index in [9.17, 15) is 9.59 Å². The lowest BCUT2D eigenvalue weighted by atomic mass is 9.94. The van der Waals surface area contributed by atoms with Crippen LogP contribution < -0.4 is 10.6 Å². The molecule has 0 bridgehead atoms. The maximum Gasteiger partial charge on any atom is 0.251 e. The molecule has 1 fully saturated rings. The van der Waals surface area contributed by atoms with Crippen molar-refractivity contribution < 1.29 is 9.59 Å². The topological polar surface area (TPSA) is 61.4 Å². The molecule has 0 aromatic heterocycles.